The van der Waals surface area contributed by atoms with E-state index in [0.717, 1.165) is 12.0 Å². The molecule has 1 aliphatic carbocycles. The summed E-state index contributed by atoms with van der Waals surface area (Å²) in [5.41, 5.74) is 0.920. The maximum absolute atomic E-state index is 13.0. The Labute approximate surface area is 122 Å². The van der Waals surface area contributed by atoms with Crippen LogP contribution in [0.1, 0.15) is 44.2 Å². The van der Waals surface area contributed by atoms with Crippen LogP contribution in [0.15, 0.2) is 24.3 Å². The second kappa shape index (κ2) is 6.35. The Morgan fingerprint density at radius 2 is 1.95 bits per heavy atom. The predicted molar refractivity (Wildman–Crippen MR) is 74.8 cm³/mol. The minimum atomic E-state index is -4.12. The summed E-state index contributed by atoms with van der Waals surface area (Å²) < 4.78 is 39.1. The molecule has 1 N–H and O–H groups in total. The molecular weight excluding hydrogens is 287 g/mol. The molecule has 0 radical (unpaired) electrons. The van der Waals surface area contributed by atoms with E-state index in [-0.39, 0.29) is 12.5 Å². The summed E-state index contributed by atoms with van der Waals surface area (Å²) in [6, 6.07) is 6.62. The van der Waals surface area contributed by atoms with E-state index in [1.54, 1.807) is 12.1 Å². The topological polar surface area (TPSA) is 12.0 Å². The minimum Gasteiger partial charge on any atom is -0.307 e. The fraction of sp³-hybridized carbons (Fsp3) is 0.600. The highest BCUT2D eigenvalue weighted by Gasteiger charge is 2.45. The minimum absolute atomic E-state index is 0.137. The SMILES string of the molecule is C[C@@H](NC1CCCCC1C(F)(F)F)c1cccc(Cl)c1. The van der Waals surface area contributed by atoms with Crippen LogP contribution >= 0.6 is 11.6 Å². The lowest BCUT2D eigenvalue weighted by atomic mass is 9.83. The van der Waals surface area contributed by atoms with Crippen molar-refractivity contribution in [1.29, 1.82) is 0 Å². The van der Waals surface area contributed by atoms with E-state index in [0.29, 0.717) is 17.9 Å². The van der Waals surface area contributed by atoms with Crippen LogP contribution in [-0.4, -0.2) is 12.2 Å². The van der Waals surface area contributed by atoms with Gasteiger partial charge in [0, 0.05) is 17.1 Å². The monoisotopic (exact) mass is 305 g/mol. The molecule has 1 fully saturated rings. The molecule has 0 aromatic heterocycles. The first kappa shape index (κ1) is 15.6. The summed E-state index contributed by atoms with van der Waals surface area (Å²) in [4.78, 5) is 0. The molecule has 1 saturated carbocycles. The van der Waals surface area contributed by atoms with Gasteiger partial charge in [-0.2, -0.15) is 13.2 Å². The number of alkyl halides is 3. The molecule has 0 heterocycles. The van der Waals surface area contributed by atoms with Gasteiger partial charge in [-0.05, 0) is 37.5 Å². The van der Waals surface area contributed by atoms with Gasteiger partial charge < -0.3 is 5.32 Å². The third-order valence-electron chi connectivity index (χ3n) is 4.00. The normalized spacial score (nSPS) is 25.4. The van der Waals surface area contributed by atoms with Gasteiger partial charge in [0.15, 0.2) is 0 Å². The van der Waals surface area contributed by atoms with Gasteiger partial charge in [0.1, 0.15) is 0 Å². The van der Waals surface area contributed by atoms with Crippen LogP contribution in [0.4, 0.5) is 13.2 Å². The Bertz CT molecular complexity index is 447. The maximum atomic E-state index is 13.0. The molecule has 0 saturated heterocycles. The van der Waals surface area contributed by atoms with Crippen molar-refractivity contribution in [2.45, 2.75) is 50.9 Å². The Kier molecular flexibility index (Phi) is 4.97. The maximum Gasteiger partial charge on any atom is 0.393 e. The molecule has 20 heavy (non-hydrogen) atoms. The fourth-order valence-electron chi connectivity index (χ4n) is 2.92. The first-order chi connectivity index (χ1) is 9.38. The van der Waals surface area contributed by atoms with Crippen LogP contribution in [0.25, 0.3) is 0 Å². The van der Waals surface area contributed by atoms with Crippen molar-refractivity contribution in [3.63, 3.8) is 0 Å². The van der Waals surface area contributed by atoms with Crippen molar-refractivity contribution in [3.8, 4) is 0 Å². The molecule has 3 atom stereocenters. The van der Waals surface area contributed by atoms with Crippen LogP contribution in [-0.2, 0) is 0 Å². The summed E-state index contributed by atoms with van der Waals surface area (Å²) in [6.45, 7) is 1.88. The van der Waals surface area contributed by atoms with E-state index < -0.39 is 18.1 Å². The summed E-state index contributed by atoms with van der Waals surface area (Å²) >= 11 is 5.93. The highest BCUT2D eigenvalue weighted by Crippen LogP contribution is 2.38. The molecule has 1 aromatic rings. The average Bonchev–Trinajstić information content (AvgIpc) is 2.38. The van der Waals surface area contributed by atoms with Gasteiger partial charge in [0.2, 0.25) is 0 Å². The van der Waals surface area contributed by atoms with Gasteiger partial charge in [0.05, 0.1) is 5.92 Å². The number of halogens is 4. The Balaban J connectivity index is 2.07. The molecule has 2 rings (SSSR count). The Morgan fingerprint density at radius 1 is 1.25 bits per heavy atom. The number of hydrogen-bond acceptors (Lipinski definition) is 1. The van der Waals surface area contributed by atoms with Crippen molar-refractivity contribution in [1.82, 2.24) is 5.32 Å². The van der Waals surface area contributed by atoms with E-state index >= 15 is 0 Å². The summed E-state index contributed by atoms with van der Waals surface area (Å²) in [5.74, 6) is -1.24. The molecule has 2 unspecified atom stereocenters. The third-order valence-corrected chi connectivity index (χ3v) is 4.23. The lowest BCUT2D eigenvalue weighted by molar-refractivity contribution is -0.189. The molecule has 1 aliphatic rings. The lowest BCUT2D eigenvalue weighted by Gasteiger charge is -2.35. The van der Waals surface area contributed by atoms with Gasteiger partial charge >= 0.3 is 6.18 Å². The summed E-state index contributed by atoms with van der Waals surface area (Å²) in [6.07, 6.45) is -1.80. The fourth-order valence-corrected chi connectivity index (χ4v) is 3.11. The highest BCUT2D eigenvalue weighted by molar-refractivity contribution is 6.30. The van der Waals surface area contributed by atoms with E-state index in [1.807, 2.05) is 19.1 Å². The van der Waals surface area contributed by atoms with Gasteiger partial charge in [-0.3, -0.25) is 0 Å². The second-order valence-corrected chi connectivity index (χ2v) is 5.92. The van der Waals surface area contributed by atoms with Crippen LogP contribution in [0.5, 0.6) is 0 Å². The van der Waals surface area contributed by atoms with Crippen molar-refractivity contribution in [3.05, 3.63) is 34.9 Å². The smallest absolute Gasteiger partial charge is 0.307 e. The van der Waals surface area contributed by atoms with Crippen LogP contribution in [0.2, 0.25) is 5.02 Å². The molecule has 1 nitrogen and oxygen atoms in total. The molecule has 0 spiro atoms. The lowest BCUT2D eigenvalue weighted by Crippen LogP contribution is -2.46. The third kappa shape index (κ3) is 3.89. The van der Waals surface area contributed by atoms with Crippen LogP contribution in [0, 0.1) is 5.92 Å². The second-order valence-electron chi connectivity index (χ2n) is 5.48. The van der Waals surface area contributed by atoms with Gasteiger partial charge in [-0.15, -0.1) is 0 Å². The zero-order chi connectivity index (χ0) is 14.8. The Morgan fingerprint density at radius 3 is 2.60 bits per heavy atom. The number of hydrogen-bond donors (Lipinski definition) is 1. The summed E-state index contributed by atoms with van der Waals surface area (Å²) in [7, 11) is 0. The quantitative estimate of drug-likeness (QED) is 0.818. The standard InChI is InChI=1S/C15H19ClF3N/c1-10(11-5-4-6-12(16)9-11)20-14-8-3-2-7-13(14)15(17,18)19/h4-6,9-10,13-14,20H,2-3,7-8H2,1H3/t10-,13?,14?/m1/s1. The molecule has 0 bridgehead atoms. The molecular formula is C15H19ClF3N. The van der Waals surface area contributed by atoms with Crippen molar-refractivity contribution < 1.29 is 13.2 Å². The molecule has 112 valence electrons. The average molecular weight is 306 g/mol. The number of benzene rings is 1. The number of rotatable bonds is 3. The summed E-state index contributed by atoms with van der Waals surface area (Å²) in [5, 5.41) is 3.74. The van der Waals surface area contributed by atoms with Crippen LogP contribution in [0.3, 0.4) is 0 Å². The first-order valence-corrected chi connectivity index (χ1v) is 7.34. The van der Waals surface area contributed by atoms with Crippen LogP contribution < -0.4 is 5.32 Å². The van der Waals surface area contributed by atoms with Crippen molar-refractivity contribution >= 4 is 11.6 Å². The molecule has 0 aliphatic heterocycles. The van der Waals surface area contributed by atoms with Gasteiger partial charge in [-0.1, -0.05) is 36.6 Å². The van der Waals surface area contributed by atoms with E-state index in [4.69, 9.17) is 11.6 Å². The predicted octanol–water partition coefficient (Wildman–Crippen LogP) is 5.11. The number of nitrogens with one attached hydrogen (secondary N) is 1. The largest absolute Gasteiger partial charge is 0.393 e. The van der Waals surface area contributed by atoms with Gasteiger partial charge in [-0.25, -0.2) is 0 Å². The van der Waals surface area contributed by atoms with E-state index in [2.05, 4.69) is 5.32 Å². The van der Waals surface area contributed by atoms with Crippen molar-refractivity contribution in [2.75, 3.05) is 0 Å². The molecule has 5 heteroatoms. The van der Waals surface area contributed by atoms with E-state index in [1.165, 1.54) is 0 Å². The Hall–Kier alpha value is -0.740. The van der Waals surface area contributed by atoms with Gasteiger partial charge in [0.25, 0.3) is 0 Å². The van der Waals surface area contributed by atoms with Crippen molar-refractivity contribution in [2.24, 2.45) is 5.92 Å². The molecule has 1 aromatic carbocycles. The first-order valence-electron chi connectivity index (χ1n) is 6.96. The molecule has 0 amide bonds. The van der Waals surface area contributed by atoms with E-state index in [9.17, 15) is 13.2 Å². The highest BCUT2D eigenvalue weighted by atomic mass is 35.5. The zero-order valence-electron chi connectivity index (χ0n) is 11.4. The zero-order valence-corrected chi connectivity index (χ0v) is 12.1.